The largest absolute Gasteiger partial charge is 0.412 e. The van der Waals surface area contributed by atoms with Crippen LogP contribution in [-0.4, -0.2) is 62.1 Å². The van der Waals surface area contributed by atoms with E-state index in [-0.39, 0.29) is 5.48 Å². The molecule has 0 saturated heterocycles. The van der Waals surface area contributed by atoms with E-state index in [2.05, 4.69) is 51.8 Å². The monoisotopic (exact) mass is 614 g/mol. The summed E-state index contributed by atoms with van der Waals surface area (Å²) in [6.45, 7) is 0. The Hall–Kier alpha value is -5.16. The van der Waals surface area contributed by atoms with Crippen molar-refractivity contribution in [3.05, 3.63) is 97.1 Å². The van der Waals surface area contributed by atoms with Crippen LogP contribution in [0.2, 0.25) is 0 Å². The fraction of sp³-hybridized carbons (Fsp3) is 0.0303. The Labute approximate surface area is 255 Å². The topological polar surface area (TPSA) is 119 Å². The van der Waals surface area contributed by atoms with E-state index < -0.39 is 0 Å². The van der Waals surface area contributed by atoms with E-state index >= 15 is 0 Å². The van der Waals surface area contributed by atoms with Crippen LogP contribution in [0.4, 0.5) is 0 Å². The molecule has 8 bridgehead atoms. The third kappa shape index (κ3) is 3.64. The Morgan fingerprint density at radius 3 is 1.05 bits per heavy atom. The number of aryl methyl sites for hydroxylation is 1. The normalized spacial score (nSPS) is 11.7. The van der Waals surface area contributed by atoms with Crippen molar-refractivity contribution < 1.29 is 5.48 Å². The number of hydrogen-bond donors (Lipinski definition) is 0. The molecule has 0 unspecified atom stereocenters. The van der Waals surface area contributed by atoms with Gasteiger partial charge in [0.25, 0.3) is 0 Å². The second-order valence-corrected chi connectivity index (χ2v) is 11.5. The smallest absolute Gasteiger partial charge is 0.412 e. The fourth-order valence-corrected chi connectivity index (χ4v) is 6.82. The van der Waals surface area contributed by atoms with Gasteiger partial charge in [0.1, 0.15) is 0 Å². The van der Waals surface area contributed by atoms with Gasteiger partial charge in [0.2, 0.25) is 0 Å². The molecular formula is C33H21GaN8O. The summed E-state index contributed by atoms with van der Waals surface area (Å²) >= 11 is 1.40. The summed E-state index contributed by atoms with van der Waals surface area (Å²) in [4.78, 5) is 30.7. The van der Waals surface area contributed by atoms with Gasteiger partial charge in [-0.25, -0.2) is 0 Å². The molecule has 9 rings (SSSR count). The predicted molar refractivity (Wildman–Crippen MR) is 169 cm³/mol. The molecule has 5 heterocycles. The van der Waals surface area contributed by atoms with Gasteiger partial charge in [-0.15, -0.1) is 0 Å². The van der Waals surface area contributed by atoms with Crippen molar-refractivity contribution >= 4 is 63.0 Å². The number of rotatable bonds is 0. The van der Waals surface area contributed by atoms with E-state index in [0.29, 0.717) is 23.3 Å². The molecule has 0 saturated carbocycles. The molecule has 9 nitrogen and oxygen atoms in total. The third-order valence-electron chi connectivity index (χ3n) is 8.00. The van der Waals surface area contributed by atoms with Gasteiger partial charge in [-0.3, -0.25) is 0 Å². The number of benzene rings is 4. The van der Waals surface area contributed by atoms with Gasteiger partial charge in [-0.1, -0.05) is 0 Å². The van der Waals surface area contributed by atoms with Crippen LogP contribution in [0.15, 0.2) is 97.1 Å². The van der Waals surface area contributed by atoms with E-state index in [1.165, 1.54) is 18.8 Å². The van der Waals surface area contributed by atoms with Crippen molar-refractivity contribution in [2.24, 2.45) is 7.05 Å². The molecule has 7 aromatic rings. The SMILES string of the molecule is Cn1c2nc3nc(nc4c5ccccc5c(nc5nc(nc1c1ccccc12)-c1ccccc1-5)[n]4[Ga])-c1ccccc1-3.O. The van der Waals surface area contributed by atoms with Crippen LogP contribution in [0.25, 0.3) is 89.7 Å². The Bertz CT molecular complexity index is 2130. The Kier molecular flexibility index (Phi) is 5.60. The van der Waals surface area contributed by atoms with Crippen molar-refractivity contribution in [1.82, 2.24) is 37.7 Å². The average molecular weight is 615 g/mol. The number of fused-ring (bicyclic) bond motifs is 20. The van der Waals surface area contributed by atoms with E-state index in [4.69, 9.17) is 29.9 Å². The summed E-state index contributed by atoms with van der Waals surface area (Å²) in [6, 6.07) is 32.7. The Morgan fingerprint density at radius 2 is 0.698 bits per heavy atom. The van der Waals surface area contributed by atoms with E-state index in [0.717, 1.165) is 66.4 Å². The Morgan fingerprint density at radius 1 is 0.419 bits per heavy atom. The molecule has 2 N–H and O–H groups in total. The zero-order valence-electron chi connectivity index (χ0n) is 22.9. The maximum atomic E-state index is 5.17. The molecule has 2 radical (unpaired) electrons. The molecule has 4 aromatic carbocycles. The van der Waals surface area contributed by atoms with Gasteiger partial charge in [0.15, 0.2) is 0 Å². The van der Waals surface area contributed by atoms with Crippen molar-refractivity contribution in [1.29, 1.82) is 0 Å². The van der Waals surface area contributed by atoms with Crippen LogP contribution >= 0.6 is 0 Å². The molecule has 0 atom stereocenters. The first kappa shape index (κ1) is 25.5. The molecule has 0 fully saturated rings. The van der Waals surface area contributed by atoms with Crippen LogP contribution in [0.1, 0.15) is 0 Å². The molecule has 0 spiro atoms. The van der Waals surface area contributed by atoms with E-state index in [9.17, 15) is 0 Å². The van der Waals surface area contributed by atoms with E-state index in [1.807, 2.05) is 60.1 Å². The minimum Gasteiger partial charge on any atom is -0.412 e. The van der Waals surface area contributed by atoms with Crippen LogP contribution in [0.5, 0.6) is 0 Å². The number of nitrogens with zero attached hydrogens (tertiary/aromatic N) is 8. The molecule has 2 aliphatic heterocycles. The quantitative estimate of drug-likeness (QED) is 0.209. The average Bonchev–Trinajstić information content (AvgIpc) is 3.71. The molecule has 43 heavy (non-hydrogen) atoms. The van der Waals surface area contributed by atoms with Gasteiger partial charge in [0.05, 0.1) is 0 Å². The van der Waals surface area contributed by atoms with Gasteiger partial charge in [-0.05, 0) is 0 Å². The first-order chi connectivity index (χ1) is 20.7. The van der Waals surface area contributed by atoms with Crippen molar-refractivity contribution in [2.45, 2.75) is 0 Å². The number of aromatic nitrogens is 8. The summed E-state index contributed by atoms with van der Waals surface area (Å²) in [5.41, 5.74) is 6.97. The zero-order chi connectivity index (χ0) is 27.9. The summed E-state index contributed by atoms with van der Waals surface area (Å²) < 4.78 is 4.11. The molecule has 202 valence electrons. The van der Waals surface area contributed by atoms with Gasteiger partial charge >= 0.3 is 250 Å². The molecule has 10 heteroatoms. The van der Waals surface area contributed by atoms with Crippen LogP contribution in [0, 0.1) is 0 Å². The minimum atomic E-state index is 0. The summed E-state index contributed by atoms with van der Waals surface area (Å²) in [7, 11) is 1.99. The van der Waals surface area contributed by atoms with Crippen LogP contribution < -0.4 is 0 Å². The van der Waals surface area contributed by atoms with Crippen molar-refractivity contribution in [3.63, 3.8) is 0 Å². The first-order valence-corrected chi connectivity index (χ1v) is 14.7. The maximum absolute atomic E-state index is 5.17. The molecule has 3 aromatic heterocycles. The fourth-order valence-electron chi connectivity index (χ4n) is 6.00. The molecule has 0 aliphatic carbocycles. The summed E-state index contributed by atoms with van der Waals surface area (Å²) in [5.74, 6) is 2.52. The second-order valence-electron chi connectivity index (χ2n) is 10.4. The van der Waals surface area contributed by atoms with E-state index in [1.54, 1.807) is 0 Å². The summed E-state index contributed by atoms with van der Waals surface area (Å²) in [5, 5.41) is 4.01. The zero-order valence-corrected chi connectivity index (χ0v) is 25.3. The minimum absolute atomic E-state index is 0. The van der Waals surface area contributed by atoms with Gasteiger partial charge < -0.3 is 5.48 Å². The van der Waals surface area contributed by atoms with Crippen LogP contribution in [-0.2, 0) is 7.05 Å². The molecule has 2 aliphatic rings. The third-order valence-corrected chi connectivity index (χ3v) is 9.02. The standard InChI is InChI=1S/C33H19N8.Ga.H2O/c1-41-32-24-16-8-9-17-25(24)33(41)40-31-23-15-7-5-13-21(23)29(38-31)36-27-19-11-3-2-10-18(19)26(34-27)35-28-20-12-4-6-14-22(20)30(37-28)39-32;;/h2-17H,1H3;;1H2/q-1;+1;. The van der Waals surface area contributed by atoms with Crippen molar-refractivity contribution in [3.8, 4) is 45.6 Å². The van der Waals surface area contributed by atoms with Gasteiger partial charge in [-0.2, -0.15) is 0 Å². The number of hydrogen-bond acceptors (Lipinski definition) is 6. The van der Waals surface area contributed by atoms with Gasteiger partial charge in [0, 0.05) is 0 Å². The molecular weight excluding hydrogens is 594 g/mol. The first-order valence-electron chi connectivity index (χ1n) is 13.6. The molecule has 0 amide bonds. The summed E-state index contributed by atoms with van der Waals surface area (Å²) in [6.07, 6.45) is 0. The second kappa shape index (κ2) is 9.43. The Balaban J connectivity index is 0.00000278. The van der Waals surface area contributed by atoms with Crippen molar-refractivity contribution in [2.75, 3.05) is 0 Å². The van der Waals surface area contributed by atoms with Crippen LogP contribution in [0.3, 0.4) is 0 Å². The predicted octanol–water partition coefficient (Wildman–Crippen LogP) is 5.46. The maximum Gasteiger partial charge on any atom is -0.412 e.